The Hall–Kier alpha value is -0.120. The molecule has 0 aromatic carbocycles. The quantitative estimate of drug-likeness (QED) is 0.425. The molecule has 6 rings (SSSR count). The average Bonchev–Trinajstić information content (AvgIpc) is 3.31. The molecule has 0 aromatic rings. The van der Waals surface area contributed by atoms with E-state index in [2.05, 4.69) is 62.3 Å². The van der Waals surface area contributed by atoms with Crippen LogP contribution in [0.25, 0.3) is 0 Å². The minimum atomic E-state index is -0.488. The first kappa shape index (κ1) is 26.1. The van der Waals surface area contributed by atoms with Crippen LogP contribution >= 0.6 is 0 Å². The number of rotatable bonds is 3. The van der Waals surface area contributed by atoms with Crippen molar-refractivity contribution in [1.82, 2.24) is 0 Å². The molecule has 2 unspecified atom stereocenters. The molecule has 3 nitrogen and oxygen atoms in total. The fraction of sp³-hybridized carbons (Fsp3) is 1.00. The van der Waals surface area contributed by atoms with Crippen molar-refractivity contribution in [2.45, 2.75) is 157 Å². The molecule has 2 spiro atoms. The van der Waals surface area contributed by atoms with E-state index in [1.807, 2.05) is 0 Å². The smallest absolute Gasteiger partial charge is 0.163 e. The predicted octanol–water partition coefficient (Wildman–Crippen LogP) is 8.13. The SMILES string of the molecule is C[C@H](CC1CC(C)(C)OC(C)(C)O1)[C@H]1CC[C@@]2(C)[C@@H]3CCC4C(C)(C)[C@@H](O)CC[C@@]45C[C@@]35CC[C@]12C. The van der Waals surface area contributed by atoms with E-state index in [9.17, 15) is 5.11 Å². The molecule has 10 atom stereocenters. The van der Waals surface area contributed by atoms with E-state index in [4.69, 9.17) is 9.47 Å². The van der Waals surface area contributed by atoms with Crippen molar-refractivity contribution >= 4 is 0 Å². The van der Waals surface area contributed by atoms with Gasteiger partial charge >= 0.3 is 0 Å². The highest BCUT2D eigenvalue weighted by Gasteiger charge is 2.82. The van der Waals surface area contributed by atoms with Crippen molar-refractivity contribution in [2.75, 3.05) is 0 Å². The molecule has 1 N–H and O–H groups in total. The molecule has 0 bridgehead atoms. The maximum absolute atomic E-state index is 10.9. The van der Waals surface area contributed by atoms with Crippen molar-refractivity contribution in [1.29, 1.82) is 0 Å². The monoisotopic (exact) mass is 500 g/mol. The summed E-state index contributed by atoms with van der Waals surface area (Å²) >= 11 is 0. The van der Waals surface area contributed by atoms with Crippen molar-refractivity contribution < 1.29 is 14.6 Å². The summed E-state index contributed by atoms with van der Waals surface area (Å²) < 4.78 is 12.7. The van der Waals surface area contributed by atoms with Crippen LogP contribution in [0.3, 0.4) is 0 Å². The van der Waals surface area contributed by atoms with E-state index in [0.29, 0.717) is 33.7 Å². The van der Waals surface area contributed by atoms with E-state index in [1.165, 1.54) is 57.8 Å². The largest absolute Gasteiger partial charge is 0.393 e. The Morgan fingerprint density at radius 1 is 0.778 bits per heavy atom. The lowest BCUT2D eigenvalue weighted by atomic mass is 9.41. The fourth-order valence-corrected chi connectivity index (χ4v) is 12.7. The molecule has 3 heteroatoms. The highest BCUT2D eigenvalue weighted by molar-refractivity contribution is 5.30. The van der Waals surface area contributed by atoms with Gasteiger partial charge in [-0.25, -0.2) is 0 Å². The Labute approximate surface area is 221 Å². The van der Waals surface area contributed by atoms with Crippen LogP contribution in [0, 0.1) is 50.7 Å². The minimum absolute atomic E-state index is 0.0896. The number of ether oxygens (including phenoxy) is 2. The second-order valence-corrected chi connectivity index (χ2v) is 16.9. The lowest BCUT2D eigenvalue weighted by Crippen LogP contribution is -2.57. The van der Waals surface area contributed by atoms with E-state index >= 15 is 0 Å². The zero-order valence-electron chi connectivity index (χ0n) is 25.0. The molecule has 5 saturated carbocycles. The Morgan fingerprint density at radius 2 is 1.44 bits per heavy atom. The molecule has 5 aliphatic carbocycles. The molecule has 0 amide bonds. The van der Waals surface area contributed by atoms with Crippen LogP contribution in [0.2, 0.25) is 0 Å². The van der Waals surface area contributed by atoms with Gasteiger partial charge in [-0.05, 0) is 143 Å². The number of hydrogen-bond donors (Lipinski definition) is 1. The molecule has 0 radical (unpaired) electrons. The molecule has 0 aromatic heterocycles. The molecule has 36 heavy (non-hydrogen) atoms. The Morgan fingerprint density at radius 3 is 2.14 bits per heavy atom. The summed E-state index contributed by atoms with van der Waals surface area (Å²) in [5.41, 5.74) is 2.01. The topological polar surface area (TPSA) is 38.7 Å². The van der Waals surface area contributed by atoms with Crippen LogP contribution in [0.1, 0.15) is 133 Å². The molecule has 6 fully saturated rings. The summed E-state index contributed by atoms with van der Waals surface area (Å²) in [5, 5.41) is 10.9. The van der Waals surface area contributed by atoms with Crippen LogP contribution in [0.5, 0.6) is 0 Å². The third-order valence-corrected chi connectivity index (χ3v) is 14.2. The minimum Gasteiger partial charge on any atom is -0.393 e. The van der Waals surface area contributed by atoms with Crippen molar-refractivity contribution in [3.63, 3.8) is 0 Å². The van der Waals surface area contributed by atoms with Crippen LogP contribution in [-0.2, 0) is 9.47 Å². The summed E-state index contributed by atoms with van der Waals surface area (Å²) in [6.45, 7) is 21.4. The average molecular weight is 501 g/mol. The summed E-state index contributed by atoms with van der Waals surface area (Å²) in [7, 11) is 0. The van der Waals surface area contributed by atoms with Crippen LogP contribution < -0.4 is 0 Å². The zero-order valence-corrected chi connectivity index (χ0v) is 25.0. The van der Waals surface area contributed by atoms with Gasteiger partial charge in [0.05, 0.1) is 17.8 Å². The third kappa shape index (κ3) is 3.27. The summed E-state index contributed by atoms with van der Waals surface area (Å²) in [4.78, 5) is 0. The van der Waals surface area contributed by atoms with Crippen LogP contribution in [-0.4, -0.2) is 28.7 Å². The molecule has 1 saturated heterocycles. The maximum Gasteiger partial charge on any atom is 0.163 e. The fourth-order valence-electron chi connectivity index (χ4n) is 12.7. The first-order valence-electron chi connectivity index (χ1n) is 15.6. The predicted molar refractivity (Wildman–Crippen MR) is 145 cm³/mol. The second kappa shape index (κ2) is 7.54. The van der Waals surface area contributed by atoms with Gasteiger partial charge < -0.3 is 14.6 Å². The number of aliphatic hydroxyl groups is 1. The van der Waals surface area contributed by atoms with E-state index in [0.717, 1.165) is 30.6 Å². The summed E-state index contributed by atoms with van der Waals surface area (Å²) in [5.74, 6) is 2.62. The van der Waals surface area contributed by atoms with Gasteiger partial charge in [-0.1, -0.05) is 34.6 Å². The third-order valence-electron chi connectivity index (χ3n) is 14.2. The van der Waals surface area contributed by atoms with Gasteiger partial charge in [-0.15, -0.1) is 0 Å². The first-order chi connectivity index (χ1) is 16.5. The highest BCUT2D eigenvalue weighted by atomic mass is 16.7. The highest BCUT2D eigenvalue weighted by Crippen LogP contribution is 2.89. The summed E-state index contributed by atoms with van der Waals surface area (Å²) in [6, 6.07) is 0. The normalized spacial score (nSPS) is 55.0. The van der Waals surface area contributed by atoms with Crippen molar-refractivity contribution in [3.8, 4) is 0 Å². The Bertz CT molecular complexity index is 891. The van der Waals surface area contributed by atoms with Crippen molar-refractivity contribution in [3.05, 3.63) is 0 Å². The van der Waals surface area contributed by atoms with Crippen LogP contribution in [0.4, 0.5) is 0 Å². The van der Waals surface area contributed by atoms with E-state index in [1.54, 1.807) is 0 Å². The molecular formula is C33H56O3. The number of aliphatic hydroxyl groups excluding tert-OH is 1. The Balaban J connectivity index is 1.23. The lowest BCUT2D eigenvalue weighted by molar-refractivity contribution is -0.327. The standard InChI is InChI=1S/C33H56O3/c1-21(18-22-19-27(2,3)36-29(6,7)35-22)23-12-14-31(9)25-11-10-24-28(4,5)26(34)13-15-32(24)20-33(25,32)17-16-30(23,31)8/h21-26,34H,10-20H2,1-9H3/t21-,22?,23-,24?,25+,26+,30-,31+,32-,33+/m1/s1. The van der Waals surface area contributed by atoms with E-state index < -0.39 is 5.79 Å². The first-order valence-corrected chi connectivity index (χ1v) is 15.6. The van der Waals surface area contributed by atoms with Gasteiger partial charge in [0.15, 0.2) is 5.79 Å². The number of hydrogen-bond acceptors (Lipinski definition) is 3. The molecule has 206 valence electrons. The molecular weight excluding hydrogens is 444 g/mol. The summed E-state index contributed by atoms with van der Waals surface area (Å²) in [6.07, 6.45) is 14.6. The van der Waals surface area contributed by atoms with Gasteiger partial charge in [-0.3, -0.25) is 0 Å². The lowest BCUT2D eigenvalue weighted by Gasteiger charge is -2.63. The van der Waals surface area contributed by atoms with Crippen molar-refractivity contribution in [2.24, 2.45) is 50.7 Å². The zero-order chi connectivity index (χ0) is 26.2. The molecule has 6 aliphatic rings. The van der Waals surface area contributed by atoms with E-state index in [-0.39, 0.29) is 17.1 Å². The van der Waals surface area contributed by atoms with Gasteiger partial charge in [0.2, 0.25) is 0 Å². The van der Waals surface area contributed by atoms with Gasteiger partial charge in [0, 0.05) is 6.42 Å². The second-order valence-electron chi connectivity index (χ2n) is 16.9. The number of fused-ring (bicyclic) bond motifs is 2. The Kier molecular flexibility index (Phi) is 5.47. The van der Waals surface area contributed by atoms with Gasteiger partial charge in [0.25, 0.3) is 0 Å². The van der Waals surface area contributed by atoms with Gasteiger partial charge in [-0.2, -0.15) is 0 Å². The molecule has 1 aliphatic heterocycles. The molecule has 1 heterocycles. The maximum atomic E-state index is 10.9. The van der Waals surface area contributed by atoms with Gasteiger partial charge in [0.1, 0.15) is 0 Å². The van der Waals surface area contributed by atoms with Crippen LogP contribution in [0.15, 0.2) is 0 Å².